The molecule has 0 saturated heterocycles. The molecule has 0 aliphatic heterocycles. The molecule has 0 atom stereocenters. The molecule has 0 saturated carbocycles. The Morgan fingerprint density at radius 2 is 2.24 bits per heavy atom. The van der Waals surface area contributed by atoms with Crippen LogP contribution in [-0.2, 0) is 4.79 Å². The Morgan fingerprint density at radius 3 is 2.76 bits per heavy atom. The molecule has 17 heavy (non-hydrogen) atoms. The second kappa shape index (κ2) is 6.85. The SMILES string of the molecule is CC(C)Nc1ccc(NC(=O)CCCN)nc1. The first-order valence-electron chi connectivity index (χ1n) is 5.84. The van der Waals surface area contributed by atoms with E-state index < -0.39 is 0 Å². The molecule has 0 aliphatic rings. The van der Waals surface area contributed by atoms with Gasteiger partial charge in [-0.2, -0.15) is 0 Å². The third-order valence-corrected chi connectivity index (χ3v) is 2.09. The average molecular weight is 236 g/mol. The number of nitrogens with two attached hydrogens (primary N) is 1. The molecule has 5 nitrogen and oxygen atoms in total. The molecular weight excluding hydrogens is 216 g/mol. The van der Waals surface area contributed by atoms with Gasteiger partial charge in [-0.05, 0) is 38.9 Å². The highest BCUT2D eigenvalue weighted by Gasteiger charge is 2.02. The first kappa shape index (κ1) is 13.4. The fraction of sp³-hybridized carbons (Fsp3) is 0.500. The molecule has 1 amide bonds. The number of pyridine rings is 1. The molecule has 0 fully saturated rings. The summed E-state index contributed by atoms with van der Waals surface area (Å²) in [6.07, 6.45) is 2.83. The summed E-state index contributed by atoms with van der Waals surface area (Å²) >= 11 is 0. The van der Waals surface area contributed by atoms with Crippen molar-refractivity contribution in [2.75, 3.05) is 17.2 Å². The van der Waals surface area contributed by atoms with Crippen molar-refractivity contribution in [2.24, 2.45) is 5.73 Å². The highest BCUT2D eigenvalue weighted by atomic mass is 16.1. The lowest BCUT2D eigenvalue weighted by molar-refractivity contribution is -0.116. The molecule has 5 heteroatoms. The highest BCUT2D eigenvalue weighted by molar-refractivity contribution is 5.89. The summed E-state index contributed by atoms with van der Waals surface area (Å²) in [7, 11) is 0. The van der Waals surface area contributed by atoms with E-state index in [1.807, 2.05) is 6.07 Å². The van der Waals surface area contributed by atoms with Crippen LogP contribution in [0, 0.1) is 0 Å². The van der Waals surface area contributed by atoms with Crippen molar-refractivity contribution in [3.05, 3.63) is 18.3 Å². The minimum absolute atomic E-state index is 0.0486. The zero-order valence-electron chi connectivity index (χ0n) is 10.4. The third kappa shape index (κ3) is 5.31. The minimum atomic E-state index is -0.0486. The van der Waals surface area contributed by atoms with Crippen LogP contribution >= 0.6 is 0 Å². The summed E-state index contributed by atoms with van der Waals surface area (Å²) in [5.41, 5.74) is 6.28. The number of nitrogens with one attached hydrogen (secondary N) is 2. The molecule has 94 valence electrons. The van der Waals surface area contributed by atoms with Crippen LogP contribution in [0.3, 0.4) is 0 Å². The van der Waals surface area contributed by atoms with Gasteiger partial charge in [0.15, 0.2) is 0 Å². The maximum atomic E-state index is 11.4. The maximum Gasteiger partial charge on any atom is 0.225 e. The van der Waals surface area contributed by atoms with Gasteiger partial charge >= 0.3 is 0 Å². The Labute approximate surface area is 102 Å². The van der Waals surface area contributed by atoms with Gasteiger partial charge in [-0.3, -0.25) is 4.79 Å². The van der Waals surface area contributed by atoms with E-state index in [9.17, 15) is 4.79 Å². The normalized spacial score (nSPS) is 10.4. The Morgan fingerprint density at radius 1 is 1.47 bits per heavy atom. The summed E-state index contributed by atoms with van der Waals surface area (Å²) in [6.45, 7) is 4.64. The molecule has 0 aromatic carbocycles. The monoisotopic (exact) mass is 236 g/mol. The summed E-state index contributed by atoms with van der Waals surface area (Å²) < 4.78 is 0. The predicted octanol–water partition coefficient (Wildman–Crippen LogP) is 1.58. The molecule has 4 N–H and O–H groups in total. The number of rotatable bonds is 6. The predicted molar refractivity (Wildman–Crippen MR) is 69.9 cm³/mol. The fourth-order valence-corrected chi connectivity index (χ4v) is 1.35. The van der Waals surface area contributed by atoms with Gasteiger partial charge < -0.3 is 16.4 Å². The Balaban J connectivity index is 2.47. The van der Waals surface area contributed by atoms with Gasteiger partial charge in [-0.1, -0.05) is 0 Å². The van der Waals surface area contributed by atoms with Gasteiger partial charge in [0.25, 0.3) is 0 Å². The first-order valence-corrected chi connectivity index (χ1v) is 5.84. The van der Waals surface area contributed by atoms with Crippen LogP contribution in [-0.4, -0.2) is 23.5 Å². The second-order valence-electron chi connectivity index (χ2n) is 4.17. The van der Waals surface area contributed by atoms with Gasteiger partial charge in [-0.25, -0.2) is 4.98 Å². The standard InChI is InChI=1S/C12H20N4O/c1-9(2)15-10-5-6-11(14-8-10)16-12(17)4-3-7-13/h5-6,8-9,15H,3-4,7,13H2,1-2H3,(H,14,16,17). The van der Waals surface area contributed by atoms with Crippen molar-refractivity contribution in [3.63, 3.8) is 0 Å². The van der Waals surface area contributed by atoms with E-state index in [0.29, 0.717) is 31.2 Å². The van der Waals surface area contributed by atoms with Crippen LogP contribution < -0.4 is 16.4 Å². The molecule has 0 bridgehead atoms. The number of hydrogen-bond donors (Lipinski definition) is 3. The van der Waals surface area contributed by atoms with Crippen LogP contribution in [0.25, 0.3) is 0 Å². The zero-order chi connectivity index (χ0) is 12.7. The molecule has 0 unspecified atom stereocenters. The van der Waals surface area contributed by atoms with E-state index in [0.717, 1.165) is 5.69 Å². The van der Waals surface area contributed by atoms with E-state index in [1.54, 1.807) is 12.3 Å². The minimum Gasteiger partial charge on any atom is -0.382 e. The van der Waals surface area contributed by atoms with Crippen LogP contribution in [0.2, 0.25) is 0 Å². The lowest BCUT2D eigenvalue weighted by atomic mass is 10.3. The van der Waals surface area contributed by atoms with Gasteiger partial charge in [0.05, 0.1) is 11.9 Å². The van der Waals surface area contributed by atoms with E-state index in [4.69, 9.17) is 5.73 Å². The van der Waals surface area contributed by atoms with Crippen molar-refractivity contribution in [2.45, 2.75) is 32.7 Å². The number of anilines is 2. The van der Waals surface area contributed by atoms with Crippen LogP contribution in [0.4, 0.5) is 11.5 Å². The average Bonchev–Trinajstić information content (AvgIpc) is 2.28. The smallest absolute Gasteiger partial charge is 0.225 e. The molecule has 1 aromatic heterocycles. The topological polar surface area (TPSA) is 80.0 Å². The lowest BCUT2D eigenvalue weighted by Gasteiger charge is -2.10. The highest BCUT2D eigenvalue weighted by Crippen LogP contribution is 2.10. The summed E-state index contributed by atoms with van der Waals surface area (Å²) in [6, 6.07) is 4.04. The van der Waals surface area contributed by atoms with Crippen molar-refractivity contribution >= 4 is 17.4 Å². The van der Waals surface area contributed by atoms with Crippen LogP contribution in [0.15, 0.2) is 18.3 Å². The Bertz CT molecular complexity index is 348. The van der Waals surface area contributed by atoms with Crippen molar-refractivity contribution in [1.82, 2.24) is 4.98 Å². The molecular formula is C12H20N4O. The number of carbonyl (C=O) groups excluding carboxylic acids is 1. The molecule has 0 radical (unpaired) electrons. The van der Waals surface area contributed by atoms with Crippen molar-refractivity contribution in [3.8, 4) is 0 Å². The largest absolute Gasteiger partial charge is 0.382 e. The quantitative estimate of drug-likeness (QED) is 0.700. The Kier molecular flexibility index (Phi) is 5.42. The number of nitrogens with zero attached hydrogens (tertiary/aromatic N) is 1. The number of amides is 1. The maximum absolute atomic E-state index is 11.4. The summed E-state index contributed by atoms with van der Waals surface area (Å²) in [4.78, 5) is 15.6. The molecule has 1 aromatic rings. The van der Waals surface area contributed by atoms with Gasteiger partial charge in [0, 0.05) is 12.5 Å². The van der Waals surface area contributed by atoms with Crippen molar-refractivity contribution in [1.29, 1.82) is 0 Å². The second-order valence-corrected chi connectivity index (χ2v) is 4.17. The van der Waals surface area contributed by atoms with E-state index in [-0.39, 0.29) is 5.91 Å². The number of carbonyl (C=O) groups is 1. The fourth-order valence-electron chi connectivity index (χ4n) is 1.35. The van der Waals surface area contributed by atoms with Gasteiger partial charge in [-0.15, -0.1) is 0 Å². The molecule has 1 rings (SSSR count). The zero-order valence-corrected chi connectivity index (χ0v) is 10.4. The van der Waals surface area contributed by atoms with E-state index in [1.165, 1.54) is 0 Å². The lowest BCUT2D eigenvalue weighted by Crippen LogP contribution is -2.14. The Hall–Kier alpha value is -1.62. The van der Waals surface area contributed by atoms with E-state index >= 15 is 0 Å². The number of hydrogen-bond acceptors (Lipinski definition) is 4. The van der Waals surface area contributed by atoms with Crippen LogP contribution in [0.1, 0.15) is 26.7 Å². The summed E-state index contributed by atoms with van der Waals surface area (Å²) in [5.74, 6) is 0.522. The molecule has 0 spiro atoms. The van der Waals surface area contributed by atoms with Crippen LogP contribution in [0.5, 0.6) is 0 Å². The number of aromatic nitrogens is 1. The third-order valence-electron chi connectivity index (χ3n) is 2.09. The van der Waals surface area contributed by atoms with Gasteiger partial charge in [0.2, 0.25) is 5.91 Å². The summed E-state index contributed by atoms with van der Waals surface area (Å²) in [5, 5.41) is 5.95. The van der Waals surface area contributed by atoms with E-state index in [2.05, 4.69) is 29.5 Å². The first-order chi connectivity index (χ1) is 8.11. The van der Waals surface area contributed by atoms with Gasteiger partial charge in [0.1, 0.15) is 5.82 Å². The molecule has 1 heterocycles. The van der Waals surface area contributed by atoms with Crippen molar-refractivity contribution < 1.29 is 4.79 Å². The molecule has 0 aliphatic carbocycles.